The van der Waals surface area contributed by atoms with Gasteiger partial charge in [-0.3, -0.25) is 4.79 Å². The third-order valence-electron chi connectivity index (χ3n) is 6.09. The van der Waals surface area contributed by atoms with Crippen LogP contribution in [0.2, 0.25) is 0 Å². The zero-order valence-corrected chi connectivity index (χ0v) is 18.8. The van der Waals surface area contributed by atoms with Crippen molar-refractivity contribution < 1.29 is 14.3 Å². The number of carbonyl (C=O) groups is 1. The van der Waals surface area contributed by atoms with Crippen LogP contribution in [0, 0.1) is 5.92 Å². The number of benzene rings is 2. The highest BCUT2D eigenvalue weighted by Crippen LogP contribution is 2.31. The SMILES string of the molecule is C=CC(=O)N1CCC(Cn2ccc3ncnc(Oc4ccc(Oc5ccccc5)cc4)c32)CC1. The maximum atomic E-state index is 11.9. The topological polar surface area (TPSA) is 69.5 Å². The summed E-state index contributed by atoms with van der Waals surface area (Å²) in [5.41, 5.74) is 1.71. The molecule has 7 heteroatoms. The predicted molar refractivity (Wildman–Crippen MR) is 130 cm³/mol. The average molecular weight is 455 g/mol. The molecule has 0 spiro atoms. The number of rotatable bonds is 7. The van der Waals surface area contributed by atoms with Crippen molar-refractivity contribution in [2.45, 2.75) is 19.4 Å². The Labute approximate surface area is 198 Å². The van der Waals surface area contributed by atoms with Gasteiger partial charge in [0.15, 0.2) is 0 Å². The molecule has 7 nitrogen and oxygen atoms in total. The van der Waals surface area contributed by atoms with Crippen LogP contribution in [0.1, 0.15) is 12.8 Å². The van der Waals surface area contributed by atoms with Gasteiger partial charge in [-0.15, -0.1) is 0 Å². The van der Waals surface area contributed by atoms with Gasteiger partial charge < -0.3 is 18.9 Å². The first kappa shape index (κ1) is 21.7. The summed E-state index contributed by atoms with van der Waals surface area (Å²) in [7, 11) is 0. The van der Waals surface area contributed by atoms with Crippen molar-refractivity contribution in [3.63, 3.8) is 0 Å². The zero-order chi connectivity index (χ0) is 23.3. The first-order valence-corrected chi connectivity index (χ1v) is 11.4. The summed E-state index contributed by atoms with van der Waals surface area (Å²) in [4.78, 5) is 22.5. The average Bonchev–Trinajstić information content (AvgIpc) is 3.29. The Kier molecular flexibility index (Phi) is 6.25. The fourth-order valence-corrected chi connectivity index (χ4v) is 4.28. The van der Waals surface area contributed by atoms with Gasteiger partial charge in [-0.2, -0.15) is 4.98 Å². The highest BCUT2D eigenvalue weighted by molar-refractivity contribution is 5.87. The molecule has 1 saturated heterocycles. The van der Waals surface area contributed by atoms with E-state index in [0.717, 1.165) is 55.0 Å². The zero-order valence-electron chi connectivity index (χ0n) is 18.8. The van der Waals surface area contributed by atoms with E-state index < -0.39 is 0 Å². The Hall–Kier alpha value is -4.13. The highest BCUT2D eigenvalue weighted by atomic mass is 16.5. The van der Waals surface area contributed by atoms with E-state index in [1.807, 2.05) is 71.8 Å². The van der Waals surface area contributed by atoms with E-state index in [0.29, 0.717) is 17.5 Å². The molecule has 0 atom stereocenters. The van der Waals surface area contributed by atoms with Crippen LogP contribution in [-0.4, -0.2) is 38.4 Å². The lowest BCUT2D eigenvalue weighted by molar-refractivity contribution is -0.127. The number of piperidine rings is 1. The molecule has 1 amide bonds. The van der Waals surface area contributed by atoms with Gasteiger partial charge in [-0.1, -0.05) is 24.8 Å². The fourth-order valence-electron chi connectivity index (χ4n) is 4.28. The molecular weight excluding hydrogens is 428 g/mol. The molecule has 5 rings (SSSR count). The van der Waals surface area contributed by atoms with E-state index in [4.69, 9.17) is 9.47 Å². The van der Waals surface area contributed by atoms with E-state index in [-0.39, 0.29) is 5.91 Å². The number of hydrogen-bond acceptors (Lipinski definition) is 5. The molecule has 0 aliphatic carbocycles. The lowest BCUT2D eigenvalue weighted by atomic mass is 9.96. The van der Waals surface area contributed by atoms with E-state index in [1.54, 1.807) is 0 Å². The van der Waals surface area contributed by atoms with E-state index in [2.05, 4.69) is 21.1 Å². The summed E-state index contributed by atoms with van der Waals surface area (Å²) in [6.45, 7) is 5.93. The molecule has 172 valence electrons. The third kappa shape index (κ3) is 4.78. The second-order valence-electron chi connectivity index (χ2n) is 8.34. The number of para-hydroxylation sites is 1. The largest absolute Gasteiger partial charge is 0.457 e. The van der Waals surface area contributed by atoms with Crippen LogP contribution in [0.15, 0.2) is 85.8 Å². The number of amides is 1. The van der Waals surface area contributed by atoms with Crippen LogP contribution in [0.4, 0.5) is 0 Å². The lowest BCUT2D eigenvalue weighted by Gasteiger charge is -2.31. The number of fused-ring (bicyclic) bond motifs is 1. The maximum absolute atomic E-state index is 11.9. The highest BCUT2D eigenvalue weighted by Gasteiger charge is 2.23. The Bertz CT molecular complexity index is 1280. The van der Waals surface area contributed by atoms with Crippen molar-refractivity contribution in [3.05, 3.63) is 85.8 Å². The first-order chi connectivity index (χ1) is 16.7. The van der Waals surface area contributed by atoms with Gasteiger partial charge in [0.25, 0.3) is 0 Å². The molecule has 0 bridgehead atoms. The molecule has 1 aliphatic heterocycles. The van der Waals surface area contributed by atoms with Gasteiger partial charge in [0.2, 0.25) is 11.8 Å². The fraction of sp³-hybridized carbons (Fsp3) is 0.222. The summed E-state index contributed by atoms with van der Waals surface area (Å²) in [5.74, 6) is 3.18. The lowest BCUT2D eigenvalue weighted by Crippen LogP contribution is -2.38. The van der Waals surface area contributed by atoms with Crippen LogP contribution in [0.5, 0.6) is 23.1 Å². The van der Waals surface area contributed by atoms with Gasteiger partial charge in [0.1, 0.15) is 29.1 Å². The molecule has 4 aromatic rings. The Balaban J connectivity index is 1.29. The summed E-state index contributed by atoms with van der Waals surface area (Å²) >= 11 is 0. The van der Waals surface area contributed by atoms with Crippen LogP contribution in [0.25, 0.3) is 11.0 Å². The van der Waals surface area contributed by atoms with Crippen molar-refractivity contribution in [1.82, 2.24) is 19.4 Å². The van der Waals surface area contributed by atoms with Crippen molar-refractivity contribution in [3.8, 4) is 23.1 Å². The summed E-state index contributed by atoms with van der Waals surface area (Å²) in [5, 5.41) is 0. The van der Waals surface area contributed by atoms with Crippen LogP contribution in [-0.2, 0) is 11.3 Å². The Morgan fingerprint density at radius 3 is 2.32 bits per heavy atom. The molecule has 1 aliphatic rings. The number of carbonyl (C=O) groups excluding carboxylic acids is 1. The Morgan fingerprint density at radius 2 is 1.62 bits per heavy atom. The molecule has 1 fully saturated rings. The van der Waals surface area contributed by atoms with E-state index in [1.165, 1.54) is 12.4 Å². The molecular formula is C27H26N4O3. The van der Waals surface area contributed by atoms with Crippen molar-refractivity contribution >= 4 is 16.9 Å². The standard InChI is InChI=1S/C27H26N4O3/c1-2-25(32)30-15-12-20(13-16-30)18-31-17-14-24-26(31)27(29-19-28-24)34-23-10-8-22(9-11-23)33-21-6-4-3-5-7-21/h2-11,14,17,19-20H,1,12-13,15-16,18H2. The minimum Gasteiger partial charge on any atom is -0.457 e. The van der Waals surface area contributed by atoms with Gasteiger partial charge in [-0.25, -0.2) is 4.98 Å². The first-order valence-electron chi connectivity index (χ1n) is 11.4. The van der Waals surface area contributed by atoms with E-state index in [9.17, 15) is 4.79 Å². The maximum Gasteiger partial charge on any atom is 0.247 e. The molecule has 0 unspecified atom stereocenters. The second kappa shape index (κ2) is 9.79. The van der Waals surface area contributed by atoms with Gasteiger partial charge in [0.05, 0.1) is 5.52 Å². The van der Waals surface area contributed by atoms with Crippen LogP contribution < -0.4 is 9.47 Å². The quantitative estimate of drug-likeness (QED) is 0.348. The smallest absolute Gasteiger partial charge is 0.247 e. The van der Waals surface area contributed by atoms with Crippen LogP contribution in [0.3, 0.4) is 0 Å². The molecule has 0 radical (unpaired) electrons. The van der Waals surface area contributed by atoms with Crippen molar-refractivity contribution in [1.29, 1.82) is 0 Å². The van der Waals surface area contributed by atoms with Gasteiger partial charge >= 0.3 is 0 Å². The number of nitrogens with zero attached hydrogens (tertiary/aromatic N) is 4. The van der Waals surface area contributed by atoms with Crippen molar-refractivity contribution in [2.75, 3.05) is 13.1 Å². The summed E-state index contributed by atoms with van der Waals surface area (Å²) in [6, 6.07) is 19.1. The van der Waals surface area contributed by atoms with Gasteiger partial charge in [-0.05, 0) is 67.3 Å². The van der Waals surface area contributed by atoms with E-state index >= 15 is 0 Å². The number of ether oxygens (including phenoxy) is 2. The molecule has 0 N–H and O–H groups in total. The minimum atomic E-state index is 0.00846. The monoisotopic (exact) mass is 454 g/mol. The predicted octanol–water partition coefficient (Wildman–Crippen LogP) is 5.44. The van der Waals surface area contributed by atoms with Crippen molar-refractivity contribution in [2.24, 2.45) is 5.92 Å². The molecule has 3 heterocycles. The number of hydrogen-bond donors (Lipinski definition) is 0. The van der Waals surface area contributed by atoms with Crippen LogP contribution >= 0.6 is 0 Å². The third-order valence-corrected chi connectivity index (χ3v) is 6.09. The molecule has 34 heavy (non-hydrogen) atoms. The molecule has 2 aromatic heterocycles. The number of aromatic nitrogens is 3. The normalized spacial score (nSPS) is 14.2. The summed E-state index contributed by atoms with van der Waals surface area (Å²) < 4.78 is 14.2. The number of likely N-dealkylation sites (tertiary alicyclic amines) is 1. The molecule has 0 saturated carbocycles. The summed E-state index contributed by atoms with van der Waals surface area (Å²) in [6.07, 6.45) is 6.84. The molecule has 2 aromatic carbocycles. The van der Waals surface area contributed by atoms with Gasteiger partial charge in [0, 0.05) is 25.8 Å². The second-order valence-corrected chi connectivity index (χ2v) is 8.34. The minimum absolute atomic E-state index is 0.00846. The Morgan fingerprint density at radius 1 is 0.941 bits per heavy atom.